The lowest BCUT2D eigenvalue weighted by Crippen LogP contribution is -2.11. The smallest absolute Gasteiger partial charge is 0.338 e. The van der Waals surface area contributed by atoms with E-state index in [0.29, 0.717) is 42.6 Å². The van der Waals surface area contributed by atoms with Crippen LogP contribution in [-0.2, 0) is 17.9 Å². The summed E-state index contributed by atoms with van der Waals surface area (Å²) in [4.78, 5) is 12.3. The molecule has 0 aliphatic heterocycles. The van der Waals surface area contributed by atoms with Crippen LogP contribution in [-0.4, -0.2) is 39.4 Å². The highest BCUT2D eigenvalue weighted by atomic mass is 16.5. The molecule has 8 heteroatoms. The van der Waals surface area contributed by atoms with E-state index in [-0.39, 0.29) is 6.61 Å². The van der Waals surface area contributed by atoms with E-state index in [4.69, 9.17) is 14.2 Å². The van der Waals surface area contributed by atoms with E-state index in [2.05, 4.69) is 15.5 Å². The molecule has 0 aliphatic rings. The van der Waals surface area contributed by atoms with Crippen molar-refractivity contribution in [3.8, 4) is 11.5 Å². The minimum absolute atomic E-state index is 0.0177. The van der Waals surface area contributed by atoms with Crippen LogP contribution in [0.4, 0.5) is 0 Å². The monoisotopic (exact) mass is 348 g/mol. The molecule has 1 aromatic heterocycles. The lowest BCUT2D eigenvalue weighted by molar-refractivity contribution is 0.0456. The fourth-order valence-corrected chi connectivity index (χ4v) is 2.16. The largest absolute Gasteiger partial charge is 0.490 e. The summed E-state index contributed by atoms with van der Waals surface area (Å²) in [6, 6.07) is 5.01. The van der Waals surface area contributed by atoms with Gasteiger partial charge in [0.1, 0.15) is 0 Å². The second-order valence-electron chi connectivity index (χ2n) is 5.34. The Bertz CT molecular complexity index is 687. The first-order valence-electron chi connectivity index (χ1n) is 8.51. The van der Waals surface area contributed by atoms with Gasteiger partial charge >= 0.3 is 5.97 Å². The molecule has 25 heavy (non-hydrogen) atoms. The maximum Gasteiger partial charge on any atom is 0.338 e. The minimum atomic E-state index is -0.464. The van der Waals surface area contributed by atoms with Gasteiger partial charge < -0.3 is 14.2 Å². The van der Waals surface area contributed by atoms with E-state index in [1.54, 1.807) is 22.9 Å². The predicted octanol–water partition coefficient (Wildman–Crippen LogP) is 2.63. The number of aromatic nitrogens is 4. The number of esters is 1. The number of nitrogens with zero attached hydrogens (tertiary/aromatic N) is 4. The first-order chi connectivity index (χ1) is 12.2. The first-order valence-corrected chi connectivity index (χ1v) is 8.51. The molecular weight excluding hydrogens is 324 g/mol. The zero-order valence-corrected chi connectivity index (χ0v) is 14.9. The lowest BCUT2D eigenvalue weighted by atomic mass is 10.2. The van der Waals surface area contributed by atoms with Crippen molar-refractivity contribution in [2.24, 2.45) is 0 Å². The summed E-state index contributed by atoms with van der Waals surface area (Å²) in [7, 11) is 0. The van der Waals surface area contributed by atoms with Crippen molar-refractivity contribution < 1.29 is 19.0 Å². The Labute approximate surface area is 147 Å². The number of tetrazole rings is 1. The molecule has 1 aromatic carbocycles. The second kappa shape index (κ2) is 9.61. The van der Waals surface area contributed by atoms with Gasteiger partial charge in [0, 0.05) is 6.54 Å². The van der Waals surface area contributed by atoms with Crippen LogP contribution in [0, 0.1) is 0 Å². The number of carbonyl (C=O) groups is 1. The van der Waals surface area contributed by atoms with Crippen LogP contribution in [0.2, 0.25) is 0 Å². The van der Waals surface area contributed by atoms with Crippen molar-refractivity contribution in [1.82, 2.24) is 20.2 Å². The highest BCUT2D eigenvalue weighted by Crippen LogP contribution is 2.29. The fraction of sp³-hybridized carbons (Fsp3) is 0.529. The summed E-state index contributed by atoms with van der Waals surface area (Å²) < 4.78 is 18.1. The Hall–Kier alpha value is -2.64. The van der Waals surface area contributed by atoms with Crippen molar-refractivity contribution in [2.75, 3.05) is 13.2 Å². The summed E-state index contributed by atoms with van der Waals surface area (Å²) in [5.41, 5.74) is 0.391. The van der Waals surface area contributed by atoms with Gasteiger partial charge in [0.25, 0.3) is 0 Å². The average molecular weight is 348 g/mol. The van der Waals surface area contributed by atoms with E-state index in [1.807, 2.05) is 20.8 Å². The van der Waals surface area contributed by atoms with Crippen molar-refractivity contribution in [3.63, 3.8) is 0 Å². The summed E-state index contributed by atoms with van der Waals surface area (Å²) in [5, 5.41) is 11.3. The van der Waals surface area contributed by atoms with Gasteiger partial charge in [0.05, 0.1) is 18.8 Å². The highest BCUT2D eigenvalue weighted by Gasteiger charge is 2.14. The van der Waals surface area contributed by atoms with Crippen molar-refractivity contribution >= 4 is 5.97 Å². The highest BCUT2D eigenvalue weighted by molar-refractivity contribution is 5.90. The van der Waals surface area contributed by atoms with Gasteiger partial charge in [-0.05, 0) is 48.4 Å². The van der Waals surface area contributed by atoms with Gasteiger partial charge in [-0.3, -0.25) is 0 Å². The normalized spacial score (nSPS) is 10.5. The van der Waals surface area contributed by atoms with E-state index < -0.39 is 5.97 Å². The van der Waals surface area contributed by atoms with Crippen LogP contribution in [0.1, 0.15) is 49.8 Å². The van der Waals surface area contributed by atoms with Crippen molar-refractivity contribution in [2.45, 2.75) is 46.8 Å². The summed E-state index contributed by atoms with van der Waals surface area (Å²) >= 11 is 0. The number of carbonyl (C=O) groups excluding carboxylic acids is 1. The molecule has 0 saturated heterocycles. The fourth-order valence-electron chi connectivity index (χ4n) is 2.16. The molecule has 0 atom stereocenters. The third kappa shape index (κ3) is 5.17. The lowest BCUT2D eigenvalue weighted by Gasteiger charge is -2.12. The molecular formula is C17H24N4O4. The molecule has 0 spiro atoms. The number of aryl methyl sites for hydroxylation is 1. The average Bonchev–Trinajstić information content (AvgIpc) is 3.06. The van der Waals surface area contributed by atoms with E-state index >= 15 is 0 Å². The topological polar surface area (TPSA) is 88.4 Å². The number of ether oxygens (including phenoxy) is 3. The van der Waals surface area contributed by atoms with Gasteiger partial charge in [-0.25, -0.2) is 9.48 Å². The Morgan fingerprint density at radius 2 is 1.96 bits per heavy atom. The van der Waals surface area contributed by atoms with Crippen LogP contribution in [0.5, 0.6) is 11.5 Å². The van der Waals surface area contributed by atoms with Gasteiger partial charge in [-0.15, -0.1) is 5.10 Å². The molecule has 136 valence electrons. The minimum Gasteiger partial charge on any atom is -0.490 e. The molecule has 0 unspecified atom stereocenters. The summed E-state index contributed by atoms with van der Waals surface area (Å²) in [5.74, 6) is 1.20. The summed E-state index contributed by atoms with van der Waals surface area (Å²) in [6.07, 6.45) is 1.78. The van der Waals surface area contributed by atoms with Crippen LogP contribution in [0.3, 0.4) is 0 Å². The number of hydrogen-bond donors (Lipinski definition) is 0. The molecule has 8 nitrogen and oxygen atoms in total. The molecule has 0 aliphatic carbocycles. The number of benzene rings is 1. The van der Waals surface area contributed by atoms with E-state index in [9.17, 15) is 4.79 Å². The van der Waals surface area contributed by atoms with E-state index in [0.717, 1.165) is 12.8 Å². The Morgan fingerprint density at radius 3 is 2.68 bits per heavy atom. The molecule has 0 radical (unpaired) electrons. The third-order valence-corrected chi connectivity index (χ3v) is 3.31. The van der Waals surface area contributed by atoms with E-state index in [1.165, 1.54) is 0 Å². The van der Waals surface area contributed by atoms with Gasteiger partial charge in [-0.1, -0.05) is 13.8 Å². The second-order valence-corrected chi connectivity index (χ2v) is 5.34. The Balaban J connectivity index is 2.05. The van der Waals surface area contributed by atoms with Crippen molar-refractivity contribution in [3.05, 3.63) is 29.6 Å². The van der Waals surface area contributed by atoms with Crippen LogP contribution < -0.4 is 9.47 Å². The molecule has 2 aromatic rings. The quantitative estimate of drug-likeness (QED) is 0.610. The molecule has 0 bridgehead atoms. The zero-order chi connectivity index (χ0) is 18.1. The van der Waals surface area contributed by atoms with Crippen LogP contribution in [0.15, 0.2) is 18.2 Å². The number of hydrogen-bond acceptors (Lipinski definition) is 7. The van der Waals surface area contributed by atoms with Gasteiger partial charge in [0.2, 0.25) is 0 Å². The third-order valence-electron chi connectivity index (χ3n) is 3.31. The molecule has 0 saturated carbocycles. The maximum absolute atomic E-state index is 12.3. The predicted molar refractivity (Wildman–Crippen MR) is 90.6 cm³/mol. The van der Waals surface area contributed by atoms with Crippen molar-refractivity contribution in [1.29, 1.82) is 0 Å². The number of rotatable bonds is 10. The standard InChI is InChI=1S/C17H24N4O4/c1-4-9-21-16(18-19-20-21)12-25-17(22)13-7-8-14(24-10-5-2)15(11-13)23-6-3/h7-8,11H,4-6,9-10,12H2,1-3H3. The molecule has 1 heterocycles. The van der Waals surface area contributed by atoms with Crippen LogP contribution >= 0.6 is 0 Å². The molecule has 0 fully saturated rings. The SMILES string of the molecule is CCCOc1ccc(C(=O)OCc2nnnn2CCC)cc1OCC. The Kier molecular flexibility index (Phi) is 7.18. The molecule has 0 N–H and O–H groups in total. The summed E-state index contributed by atoms with van der Waals surface area (Å²) in [6.45, 7) is 7.69. The first kappa shape index (κ1) is 18.7. The zero-order valence-electron chi connectivity index (χ0n) is 14.9. The molecule has 2 rings (SSSR count). The van der Waals surface area contributed by atoms with Gasteiger partial charge in [-0.2, -0.15) is 0 Å². The maximum atomic E-state index is 12.3. The van der Waals surface area contributed by atoms with Crippen LogP contribution in [0.25, 0.3) is 0 Å². The molecule has 0 amide bonds. The van der Waals surface area contributed by atoms with Gasteiger partial charge in [0.15, 0.2) is 23.9 Å². The Morgan fingerprint density at radius 1 is 1.12 bits per heavy atom.